The number of thiazole rings is 1. The minimum atomic E-state index is 0.678. The van der Waals surface area contributed by atoms with E-state index < -0.39 is 0 Å². The van der Waals surface area contributed by atoms with Gasteiger partial charge in [0.2, 0.25) is 0 Å². The minimum absolute atomic E-state index is 0.678. The molecule has 2 rings (SSSR count). The number of benzene rings is 1. The van der Waals surface area contributed by atoms with Gasteiger partial charge in [-0.3, -0.25) is 0 Å². The van der Waals surface area contributed by atoms with Crippen LogP contribution in [-0.4, -0.2) is 4.98 Å². The molecule has 0 aliphatic heterocycles. The summed E-state index contributed by atoms with van der Waals surface area (Å²) in [7, 11) is 0. The van der Waals surface area contributed by atoms with Crippen molar-refractivity contribution in [2.75, 3.05) is 0 Å². The third-order valence-corrected chi connectivity index (χ3v) is 2.45. The maximum absolute atomic E-state index is 8.59. The van der Waals surface area contributed by atoms with E-state index in [1.54, 1.807) is 18.3 Å². The number of hydrogen-bond donors (Lipinski definition) is 0. The van der Waals surface area contributed by atoms with E-state index in [0.29, 0.717) is 5.56 Å². The Morgan fingerprint density at radius 2 is 2.08 bits per heavy atom. The molecule has 1 radical (unpaired) electrons. The first-order chi connectivity index (χ1) is 6.40. The SMILES string of the molecule is N#Cc1ccc(-c2cn[c]s2)cc1. The van der Waals surface area contributed by atoms with Gasteiger partial charge in [0.1, 0.15) is 0 Å². The number of nitrogens with zero attached hydrogens (tertiary/aromatic N) is 2. The van der Waals surface area contributed by atoms with Crippen LogP contribution in [0.25, 0.3) is 10.4 Å². The summed E-state index contributed by atoms with van der Waals surface area (Å²) >= 11 is 1.47. The molecule has 0 aliphatic rings. The zero-order valence-corrected chi connectivity index (χ0v) is 7.51. The van der Waals surface area contributed by atoms with Crippen LogP contribution < -0.4 is 0 Å². The van der Waals surface area contributed by atoms with Crippen LogP contribution in [0.4, 0.5) is 0 Å². The Morgan fingerprint density at radius 1 is 1.31 bits per heavy atom. The molecule has 13 heavy (non-hydrogen) atoms. The molecule has 0 bridgehead atoms. The van der Waals surface area contributed by atoms with Gasteiger partial charge in [-0.2, -0.15) is 5.26 Å². The van der Waals surface area contributed by atoms with E-state index in [9.17, 15) is 0 Å². The number of aromatic nitrogens is 1. The van der Waals surface area contributed by atoms with Crippen LogP contribution in [0, 0.1) is 16.8 Å². The Labute approximate surface area is 80.1 Å². The molecule has 0 spiro atoms. The smallest absolute Gasteiger partial charge is 0.152 e. The van der Waals surface area contributed by atoms with Crippen LogP contribution >= 0.6 is 11.3 Å². The van der Waals surface area contributed by atoms with Crippen molar-refractivity contribution in [2.24, 2.45) is 0 Å². The summed E-state index contributed by atoms with van der Waals surface area (Å²) in [5.74, 6) is 0. The molecule has 0 saturated carbocycles. The van der Waals surface area contributed by atoms with Gasteiger partial charge in [-0.25, -0.2) is 4.98 Å². The molecular formula is C10H5N2S. The zero-order valence-electron chi connectivity index (χ0n) is 6.69. The summed E-state index contributed by atoms with van der Waals surface area (Å²) in [5.41, 5.74) is 4.54. The Morgan fingerprint density at radius 3 is 2.62 bits per heavy atom. The molecule has 1 aromatic carbocycles. The maximum atomic E-state index is 8.59. The highest BCUT2D eigenvalue weighted by Crippen LogP contribution is 2.22. The fourth-order valence-electron chi connectivity index (χ4n) is 1.03. The molecule has 2 nitrogen and oxygen atoms in total. The van der Waals surface area contributed by atoms with Crippen molar-refractivity contribution in [3.8, 4) is 16.5 Å². The quantitative estimate of drug-likeness (QED) is 0.684. The third-order valence-electron chi connectivity index (χ3n) is 1.69. The van der Waals surface area contributed by atoms with Gasteiger partial charge in [-0.1, -0.05) is 12.1 Å². The second-order valence-corrected chi connectivity index (χ2v) is 3.33. The number of rotatable bonds is 1. The summed E-state index contributed by atoms with van der Waals surface area (Å²) in [6.07, 6.45) is 1.77. The summed E-state index contributed by atoms with van der Waals surface area (Å²) < 4.78 is 0. The van der Waals surface area contributed by atoms with E-state index in [-0.39, 0.29) is 0 Å². The fraction of sp³-hybridized carbons (Fsp3) is 0. The van der Waals surface area contributed by atoms with Crippen LogP contribution in [0.2, 0.25) is 0 Å². The molecule has 0 N–H and O–H groups in total. The Bertz CT molecular complexity index is 423. The Hall–Kier alpha value is -1.66. The molecule has 0 fully saturated rings. The van der Waals surface area contributed by atoms with Crippen molar-refractivity contribution in [1.82, 2.24) is 4.98 Å². The largest absolute Gasteiger partial charge is 0.241 e. The molecule has 0 atom stereocenters. The first-order valence-corrected chi connectivity index (χ1v) is 4.54. The van der Waals surface area contributed by atoms with Crippen LogP contribution in [0.1, 0.15) is 5.56 Å². The Kier molecular flexibility index (Phi) is 2.07. The number of hydrogen-bond acceptors (Lipinski definition) is 3. The molecular weight excluding hydrogens is 180 g/mol. The van der Waals surface area contributed by atoms with E-state index in [0.717, 1.165) is 10.4 Å². The van der Waals surface area contributed by atoms with E-state index in [1.165, 1.54) is 11.3 Å². The highest BCUT2D eigenvalue weighted by molar-refractivity contribution is 7.12. The lowest BCUT2D eigenvalue weighted by Gasteiger charge is -1.94. The second kappa shape index (κ2) is 3.38. The van der Waals surface area contributed by atoms with Gasteiger partial charge in [-0.15, -0.1) is 11.3 Å². The molecule has 0 unspecified atom stereocenters. The first-order valence-electron chi connectivity index (χ1n) is 3.72. The predicted octanol–water partition coefficient (Wildman–Crippen LogP) is 2.48. The van der Waals surface area contributed by atoms with Crippen molar-refractivity contribution in [3.05, 3.63) is 41.5 Å². The molecule has 1 aromatic heterocycles. The number of nitriles is 1. The second-order valence-electron chi connectivity index (χ2n) is 2.50. The molecule has 0 amide bonds. The highest BCUT2D eigenvalue weighted by atomic mass is 32.1. The van der Waals surface area contributed by atoms with Crippen molar-refractivity contribution < 1.29 is 0 Å². The summed E-state index contributed by atoms with van der Waals surface area (Å²) in [4.78, 5) is 4.94. The summed E-state index contributed by atoms with van der Waals surface area (Å²) in [6.45, 7) is 0. The van der Waals surface area contributed by atoms with E-state index in [1.807, 2.05) is 12.1 Å². The lowest BCUT2D eigenvalue weighted by Crippen LogP contribution is -1.74. The van der Waals surface area contributed by atoms with E-state index in [2.05, 4.69) is 16.6 Å². The normalized spacial score (nSPS) is 9.46. The van der Waals surface area contributed by atoms with Crippen LogP contribution in [0.3, 0.4) is 0 Å². The minimum Gasteiger partial charge on any atom is -0.241 e. The first kappa shape index (κ1) is 7.96. The van der Waals surface area contributed by atoms with Gasteiger partial charge in [0.15, 0.2) is 5.51 Å². The average molecular weight is 185 g/mol. The molecule has 0 aliphatic carbocycles. The van der Waals surface area contributed by atoms with E-state index >= 15 is 0 Å². The molecule has 61 valence electrons. The molecule has 1 heterocycles. The highest BCUT2D eigenvalue weighted by Gasteiger charge is 1.98. The van der Waals surface area contributed by atoms with Gasteiger partial charge in [0.25, 0.3) is 0 Å². The Balaban J connectivity index is 2.40. The fourth-order valence-corrected chi connectivity index (χ4v) is 1.59. The topological polar surface area (TPSA) is 36.7 Å². The monoisotopic (exact) mass is 185 g/mol. The summed E-state index contributed by atoms with van der Waals surface area (Å²) in [6, 6.07) is 9.51. The zero-order chi connectivity index (χ0) is 9.10. The van der Waals surface area contributed by atoms with Crippen LogP contribution in [0.5, 0.6) is 0 Å². The van der Waals surface area contributed by atoms with E-state index in [4.69, 9.17) is 5.26 Å². The van der Waals surface area contributed by atoms with Gasteiger partial charge in [-0.05, 0) is 17.7 Å². The lowest BCUT2D eigenvalue weighted by molar-refractivity contribution is 1.41. The van der Waals surface area contributed by atoms with Gasteiger partial charge in [0.05, 0.1) is 16.5 Å². The molecule has 3 heteroatoms. The average Bonchev–Trinajstić information content (AvgIpc) is 2.71. The van der Waals surface area contributed by atoms with Crippen molar-refractivity contribution >= 4 is 11.3 Å². The standard InChI is InChI=1S/C10H5N2S/c11-5-8-1-3-9(4-2-8)10-6-12-7-13-10/h1-4,6H. The molecule has 2 aromatic rings. The van der Waals surface area contributed by atoms with Crippen molar-refractivity contribution in [3.63, 3.8) is 0 Å². The maximum Gasteiger partial charge on any atom is 0.152 e. The van der Waals surface area contributed by atoms with Crippen LogP contribution in [0.15, 0.2) is 30.5 Å². The van der Waals surface area contributed by atoms with Crippen molar-refractivity contribution in [1.29, 1.82) is 5.26 Å². The third kappa shape index (κ3) is 1.58. The van der Waals surface area contributed by atoms with Gasteiger partial charge >= 0.3 is 0 Å². The van der Waals surface area contributed by atoms with Crippen molar-refractivity contribution in [2.45, 2.75) is 0 Å². The van der Waals surface area contributed by atoms with Gasteiger partial charge in [0, 0.05) is 6.20 Å². The van der Waals surface area contributed by atoms with Crippen LogP contribution in [-0.2, 0) is 0 Å². The predicted molar refractivity (Wildman–Crippen MR) is 51.1 cm³/mol. The summed E-state index contributed by atoms with van der Waals surface area (Å²) in [5, 5.41) is 8.59. The molecule has 0 saturated heterocycles. The lowest BCUT2D eigenvalue weighted by atomic mass is 10.1. The van der Waals surface area contributed by atoms with Gasteiger partial charge < -0.3 is 0 Å².